The summed E-state index contributed by atoms with van der Waals surface area (Å²) < 4.78 is 1.92. The number of para-hydroxylation sites is 1. The van der Waals surface area contributed by atoms with Crippen LogP contribution >= 0.6 is 23.7 Å². The van der Waals surface area contributed by atoms with Crippen molar-refractivity contribution in [3.8, 4) is 5.69 Å². The van der Waals surface area contributed by atoms with E-state index in [9.17, 15) is 4.79 Å². The van der Waals surface area contributed by atoms with Gasteiger partial charge in [0.05, 0.1) is 16.3 Å². The Hall–Kier alpha value is -1.89. The van der Waals surface area contributed by atoms with Crippen LogP contribution in [0.1, 0.15) is 34.6 Å². The molecular formula is C19H23ClN4OS. The molecule has 1 fully saturated rings. The number of aromatic nitrogens is 2. The molecule has 0 aliphatic heterocycles. The highest BCUT2D eigenvalue weighted by atomic mass is 35.5. The lowest BCUT2D eigenvalue weighted by Gasteiger charge is -2.18. The molecule has 138 valence electrons. The largest absolute Gasteiger partial charge is 0.348 e. The summed E-state index contributed by atoms with van der Waals surface area (Å²) in [6.07, 6.45) is 3.27. The van der Waals surface area contributed by atoms with E-state index in [4.69, 9.17) is 5.73 Å². The molecule has 0 spiro atoms. The van der Waals surface area contributed by atoms with Crippen molar-refractivity contribution in [2.45, 2.75) is 32.2 Å². The maximum absolute atomic E-state index is 12.7. The lowest BCUT2D eigenvalue weighted by atomic mass is 10.0. The molecule has 2 unspecified atom stereocenters. The number of fused-ring (bicyclic) bond motifs is 1. The highest BCUT2D eigenvalue weighted by Gasteiger charge is 2.28. The van der Waals surface area contributed by atoms with Crippen molar-refractivity contribution in [1.82, 2.24) is 15.1 Å². The number of carbonyl (C=O) groups is 1. The number of nitrogens with zero attached hydrogens (tertiary/aromatic N) is 2. The van der Waals surface area contributed by atoms with Gasteiger partial charge in [0.15, 0.2) is 0 Å². The predicted molar refractivity (Wildman–Crippen MR) is 109 cm³/mol. The summed E-state index contributed by atoms with van der Waals surface area (Å²) in [6.45, 7) is 2.62. The number of amides is 1. The molecule has 1 aliphatic carbocycles. The van der Waals surface area contributed by atoms with Crippen molar-refractivity contribution >= 4 is 39.9 Å². The first-order valence-corrected chi connectivity index (χ1v) is 9.54. The zero-order valence-corrected chi connectivity index (χ0v) is 16.3. The number of thiophene rings is 1. The summed E-state index contributed by atoms with van der Waals surface area (Å²) in [5.74, 6) is 0.408. The zero-order valence-electron chi connectivity index (χ0n) is 14.6. The van der Waals surface area contributed by atoms with Gasteiger partial charge in [-0.15, -0.1) is 23.7 Å². The lowest BCUT2D eigenvalue weighted by molar-refractivity contribution is 0.0933. The Morgan fingerprint density at radius 1 is 1.35 bits per heavy atom. The molecule has 2 atom stereocenters. The summed E-state index contributed by atoms with van der Waals surface area (Å²) >= 11 is 1.50. The zero-order chi connectivity index (χ0) is 17.4. The van der Waals surface area contributed by atoms with E-state index < -0.39 is 0 Å². The Labute approximate surface area is 163 Å². The Morgan fingerprint density at radius 3 is 2.85 bits per heavy atom. The van der Waals surface area contributed by atoms with E-state index in [-0.39, 0.29) is 24.4 Å². The normalized spacial score (nSPS) is 19.5. The van der Waals surface area contributed by atoms with E-state index in [0.29, 0.717) is 12.5 Å². The fourth-order valence-corrected chi connectivity index (χ4v) is 4.74. The van der Waals surface area contributed by atoms with Crippen LogP contribution in [0.25, 0.3) is 15.9 Å². The molecule has 0 bridgehead atoms. The van der Waals surface area contributed by atoms with Crippen molar-refractivity contribution in [2.24, 2.45) is 11.7 Å². The number of halogens is 1. The van der Waals surface area contributed by atoms with Crippen LogP contribution in [0.3, 0.4) is 0 Å². The Balaban J connectivity index is 0.00000196. The average Bonchev–Trinajstić information content (AvgIpc) is 3.32. The SMILES string of the molecule is Cc1nn(-c2ccccc2)c2sc(C(=O)NC3CCCC3CN)cc12.Cl. The third-order valence-corrected chi connectivity index (χ3v) is 6.16. The van der Waals surface area contributed by atoms with Gasteiger partial charge in [0.2, 0.25) is 0 Å². The maximum Gasteiger partial charge on any atom is 0.261 e. The van der Waals surface area contributed by atoms with Gasteiger partial charge in [-0.1, -0.05) is 24.6 Å². The Morgan fingerprint density at radius 2 is 2.12 bits per heavy atom. The first kappa shape index (κ1) is 18.9. The fourth-order valence-electron chi connectivity index (χ4n) is 3.65. The van der Waals surface area contributed by atoms with Gasteiger partial charge in [0.1, 0.15) is 4.83 Å². The van der Waals surface area contributed by atoms with Gasteiger partial charge >= 0.3 is 0 Å². The van der Waals surface area contributed by atoms with E-state index >= 15 is 0 Å². The molecule has 1 amide bonds. The van der Waals surface area contributed by atoms with Crippen molar-refractivity contribution < 1.29 is 4.79 Å². The van der Waals surface area contributed by atoms with E-state index in [0.717, 1.165) is 45.7 Å². The third-order valence-electron chi connectivity index (χ3n) is 5.05. The molecular weight excluding hydrogens is 368 g/mol. The van der Waals surface area contributed by atoms with Crippen LogP contribution in [0.15, 0.2) is 36.4 Å². The molecule has 1 aliphatic rings. The Bertz CT molecular complexity index is 905. The molecule has 26 heavy (non-hydrogen) atoms. The van der Waals surface area contributed by atoms with Crippen LogP contribution in [0.4, 0.5) is 0 Å². The monoisotopic (exact) mass is 390 g/mol. The number of nitrogens with one attached hydrogen (secondary N) is 1. The van der Waals surface area contributed by atoms with E-state index in [1.807, 2.05) is 48.0 Å². The number of hydrogen-bond acceptors (Lipinski definition) is 4. The number of rotatable bonds is 4. The van der Waals surface area contributed by atoms with E-state index in [1.165, 1.54) is 11.3 Å². The van der Waals surface area contributed by atoms with Gasteiger partial charge in [-0.2, -0.15) is 5.10 Å². The van der Waals surface area contributed by atoms with Crippen LogP contribution in [-0.4, -0.2) is 28.3 Å². The summed E-state index contributed by atoms with van der Waals surface area (Å²) in [5.41, 5.74) is 7.77. The van der Waals surface area contributed by atoms with Crippen LogP contribution in [0, 0.1) is 12.8 Å². The van der Waals surface area contributed by atoms with Gasteiger partial charge in [0, 0.05) is 11.4 Å². The summed E-state index contributed by atoms with van der Waals surface area (Å²) in [6, 6.07) is 12.2. The minimum absolute atomic E-state index is 0. The summed E-state index contributed by atoms with van der Waals surface area (Å²) in [5, 5.41) is 8.86. The minimum atomic E-state index is 0. The van der Waals surface area contributed by atoms with Crippen LogP contribution < -0.4 is 11.1 Å². The van der Waals surface area contributed by atoms with Crippen LogP contribution in [0.5, 0.6) is 0 Å². The smallest absolute Gasteiger partial charge is 0.261 e. The Kier molecular flexibility index (Phi) is 5.65. The summed E-state index contributed by atoms with van der Waals surface area (Å²) in [4.78, 5) is 14.5. The van der Waals surface area contributed by atoms with Crippen molar-refractivity contribution in [3.05, 3.63) is 47.0 Å². The highest BCUT2D eigenvalue weighted by molar-refractivity contribution is 7.20. The minimum Gasteiger partial charge on any atom is -0.348 e. The number of hydrogen-bond donors (Lipinski definition) is 2. The molecule has 5 nitrogen and oxygen atoms in total. The number of benzene rings is 1. The molecule has 2 aromatic heterocycles. The third kappa shape index (κ3) is 3.37. The van der Waals surface area contributed by atoms with Crippen LogP contribution in [0.2, 0.25) is 0 Å². The summed E-state index contributed by atoms with van der Waals surface area (Å²) in [7, 11) is 0. The van der Waals surface area contributed by atoms with Gasteiger partial charge in [0.25, 0.3) is 5.91 Å². The predicted octanol–water partition coefficient (Wildman–Crippen LogP) is 3.67. The molecule has 1 saturated carbocycles. The van der Waals surface area contributed by atoms with Gasteiger partial charge in [-0.05, 0) is 50.4 Å². The average molecular weight is 391 g/mol. The maximum atomic E-state index is 12.7. The van der Waals surface area contributed by atoms with Crippen LogP contribution in [-0.2, 0) is 0 Å². The first-order chi connectivity index (χ1) is 12.2. The van der Waals surface area contributed by atoms with Crippen molar-refractivity contribution in [2.75, 3.05) is 6.54 Å². The van der Waals surface area contributed by atoms with Gasteiger partial charge in [-0.25, -0.2) is 4.68 Å². The van der Waals surface area contributed by atoms with E-state index in [2.05, 4.69) is 10.4 Å². The molecule has 0 radical (unpaired) electrons. The van der Waals surface area contributed by atoms with E-state index in [1.54, 1.807) is 0 Å². The van der Waals surface area contributed by atoms with Crippen molar-refractivity contribution in [1.29, 1.82) is 0 Å². The topological polar surface area (TPSA) is 72.9 Å². The number of nitrogens with two attached hydrogens (primary N) is 1. The van der Waals surface area contributed by atoms with Gasteiger partial charge < -0.3 is 11.1 Å². The second-order valence-corrected chi connectivity index (χ2v) is 7.70. The second-order valence-electron chi connectivity index (χ2n) is 6.67. The first-order valence-electron chi connectivity index (χ1n) is 8.73. The molecule has 4 rings (SSSR count). The molecule has 3 N–H and O–H groups in total. The molecule has 0 saturated heterocycles. The second kappa shape index (κ2) is 7.78. The molecule has 3 aromatic rings. The molecule has 7 heteroatoms. The van der Waals surface area contributed by atoms with Crippen molar-refractivity contribution in [3.63, 3.8) is 0 Å². The highest BCUT2D eigenvalue weighted by Crippen LogP contribution is 2.31. The fraction of sp³-hybridized carbons (Fsp3) is 0.368. The number of aryl methyl sites for hydroxylation is 1. The molecule has 1 aromatic carbocycles. The number of carbonyl (C=O) groups excluding carboxylic acids is 1. The standard InChI is InChI=1S/C19H22N4OS.ClH/c1-12-15-10-17(18(24)21-16-9-5-6-13(16)11-20)25-19(15)23(22-12)14-7-3-2-4-8-14;/h2-4,7-8,10,13,16H,5-6,9,11,20H2,1H3,(H,21,24);1H. The lowest BCUT2D eigenvalue weighted by Crippen LogP contribution is -2.39. The van der Waals surface area contributed by atoms with Gasteiger partial charge in [-0.3, -0.25) is 4.79 Å². The quantitative estimate of drug-likeness (QED) is 0.713. The molecule has 2 heterocycles.